The van der Waals surface area contributed by atoms with Gasteiger partial charge in [0, 0.05) is 25.2 Å². The number of methoxy groups -OCH3 is 1. The number of fused-ring (bicyclic) bond motifs is 1. The number of benzene rings is 2. The molecule has 2 aromatic carbocycles. The van der Waals surface area contributed by atoms with Crippen LogP contribution in [0, 0.1) is 6.92 Å². The molecule has 0 unspecified atom stereocenters. The van der Waals surface area contributed by atoms with Crippen LogP contribution < -0.4 is 4.74 Å². The first-order valence-corrected chi connectivity index (χ1v) is 11.8. The highest BCUT2D eigenvalue weighted by molar-refractivity contribution is 7.90. The normalized spacial score (nSPS) is 17.9. The van der Waals surface area contributed by atoms with E-state index in [4.69, 9.17) is 9.47 Å². The number of aromatic hydroxyl groups is 1. The molecular formula is C22H26N4O5S. The molecule has 1 fully saturated rings. The van der Waals surface area contributed by atoms with Crippen molar-refractivity contribution in [3.63, 3.8) is 0 Å². The van der Waals surface area contributed by atoms with Gasteiger partial charge in [0.2, 0.25) is 0 Å². The molecule has 0 aromatic heterocycles. The molecule has 4 rings (SSSR count). The van der Waals surface area contributed by atoms with Gasteiger partial charge >= 0.3 is 0 Å². The highest BCUT2D eigenvalue weighted by Gasteiger charge is 2.32. The molecule has 0 radical (unpaired) electrons. The Morgan fingerprint density at radius 3 is 2.78 bits per heavy atom. The average Bonchev–Trinajstić information content (AvgIpc) is 3.05. The summed E-state index contributed by atoms with van der Waals surface area (Å²) in [6.07, 6.45) is 1.60. The van der Waals surface area contributed by atoms with Gasteiger partial charge in [0.1, 0.15) is 4.90 Å². The maximum atomic E-state index is 12.6. The van der Waals surface area contributed by atoms with E-state index in [-0.39, 0.29) is 10.6 Å². The summed E-state index contributed by atoms with van der Waals surface area (Å²) < 4.78 is 39.9. The van der Waals surface area contributed by atoms with Crippen molar-refractivity contribution >= 4 is 22.1 Å². The van der Waals surface area contributed by atoms with E-state index in [1.54, 1.807) is 35.5 Å². The maximum absolute atomic E-state index is 12.6. The molecule has 9 nitrogen and oxygen atoms in total. The van der Waals surface area contributed by atoms with E-state index in [0.29, 0.717) is 49.0 Å². The Hall–Kier alpha value is -2.95. The zero-order chi connectivity index (χ0) is 22.7. The predicted octanol–water partition coefficient (Wildman–Crippen LogP) is 1.83. The van der Waals surface area contributed by atoms with Crippen LogP contribution in [-0.4, -0.2) is 82.0 Å². The van der Waals surface area contributed by atoms with Gasteiger partial charge in [0.15, 0.2) is 17.3 Å². The third-order valence-electron chi connectivity index (χ3n) is 5.39. The lowest BCUT2D eigenvalue weighted by Crippen LogP contribution is -2.41. The minimum Gasteiger partial charge on any atom is -0.504 e. The van der Waals surface area contributed by atoms with Gasteiger partial charge in [-0.2, -0.15) is 13.5 Å². The molecule has 2 aliphatic heterocycles. The smallest absolute Gasteiger partial charge is 0.285 e. The molecule has 2 aliphatic rings. The molecule has 2 heterocycles. The Kier molecular flexibility index (Phi) is 6.45. The largest absolute Gasteiger partial charge is 0.504 e. The van der Waals surface area contributed by atoms with Gasteiger partial charge in [-0.25, -0.2) is 5.01 Å². The number of ether oxygens (including phenoxy) is 2. The second-order valence-corrected chi connectivity index (χ2v) is 9.22. The number of hydrogen-bond acceptors (Lipinski definition) is 8. The number of amidine groups is 1. The van der Waals surface area contributed by atoms with Crippen molar-refractivity contribution in [1.82, 2.24) is 9.91 Å². The molecule has 0 bridgehead atoms. The number of aryl methyl sites for hydroxylation is 1. The number of phenolic OH excluding ortho intramolecular Hbond substituents is 1. The monoisotopic (exact) mass is 458 g/mol. The molecule has 0 amide bonds. The zero-order valence-corrected chi connectivity index (χ0v) is 18.9. The van der Waals surface area contributed by atoms with Crippen molar-refractivity contribution in [1.29, 1.82) is 0 Å². The van der Waals surface area contributed by atoms with Crippen molar-refractivity contribution in [2.24, 2.45) is 9.50 Å². The lowest BCUT2D eigenvalue weighted by Gasteiger charge is -2.28. The standard InChI is InChI=1S/C22H26N4O5S/c1-16-3-6-21-18(13-16)22(24-32(21,28)29)26(8-7-25-9-11-31-12-10-25)23-15-17-4-5-19(27)20(14-17)30-2/h3-6,13-15,27H,7-12H2,1-2H3. The quantitative estimate of drug-likeness (QED) is 0.520. The topological polar surface area (TPSA) is 104 Å². The van der Waals surface area contributed by atoms with Crippen LogP contribution in [-0.2, 0) is 14.8 Å². The number of hydrogen-bond donors (Lipinski definition) is 1. The van der Waals surface area contributed by atoms with Gasteiger partial charge in [-0.3, -0.25) is 4.90 Å². The van der Waals surface area contributed by atoms with Gasteiger partial charge in [-0.1, -0.05) is 11.6 Å². The third kappa shape index (κ3) is 4.77. The summed E-state index contributed by atoms with van der Waals surface area (Å²) >= 11 is 0. The second kappa shape index (κ2) is 9.27. The van der Waals surface area contributed by atoms with Gasteiger partial charge in [-0.15, -0.1) is 4.40 Å². The third-order valence-corrected chi connectivity index (χ3v) is 6.71. The van der Waals surface area contributed by atoms with Crippen LogP contribution in [0.5, 0.6) is 11.5 Å². The van der Waals surface area contributed by atoms with E-state index in [9.17, 15) is 13.5 Å². The molecular weight excluding hydrogens is 432 g/mol. The molecule has 170 valence electrons. The molecule has 0 saturated carbocycles. The Morgan fingerprint density at radius 2 is 2.03 bits per heavy atom. The van der Waals surface area contributed by atoms with Crippen molar-refractivity contribution in [2.75, 3.05) is 46.5 Å². The van der Waals surface area contributed by atoms with Crippen LogP contribution in [0.1, 0.15) is 16.7 Å². The molecule has 32 heavy (non-hydrogen) atoms. The van der Waals surface area contributed by atoms with Crippen LogP contribution in [0.2, 0.25) is 0 Å². The summed E-state index contributed by atoms with van der Waals surface area (Å²) in [6, 6.07) is 10.1. The first kappa shape index (κ1) is 22.3. The number of morpholine rings is 1. The molecule has 0 atom stereocenters. The minimum atomic E-state index is -3.77. The summed E-state index contributed by atoms with van der Waals surface area (Å²) in [6.45, 7) is 6.02. The minimum absolute atomic E-state index is 0.0319. The van der Waals surface area contributed by atoms with Gasteiger partial charge in [0.25, 0.3) is 10.0 Å². The molecule has 2 aromatic rings. The molecule has 1 N–H and O–H groups in total. The number of rotatable bonds is 6. The summed E-state index contributed by atoms with van der Waals surface area (Å²) in [7, 11) is -2.30. The molecule has 1 saturated heterocycles. The Bertz CT molecular complexity index is 1160. The van der Waals surface area contributed by atoms with Gasteiger partial charge < -0.3 is 14.6 Å². The highest BCUT2D eigenvalue weighted by atomic mass is 32.2. The first-order valence-electron chi connectivity index (χ1n) is 10.3. The zero-order valence-electron chi connectivity index (χ0n) is 18.1. The summed E-state index contributed by atoms with van der Waals surface area (Å²) in [5.41, 5.74) is 2.18. The Morgan fingerprint density at radius 1 is 1.25 bits per heavy atom. The number of sulfonamides is 1. The highest BCUT2D eigenvalue weighted by Crippen LogP contribution is 2.29. The van der Waals surface area contributed by atoms with Crippen molar-refractivity contribution in [3.8, 4) is 11.5 Å². The Balaban J connectivity index is 1.66. The fourth-order valence-corrected chi connectivity index (χ4v) is 4.82. The second-order valence-electron chi connectivity index (χ2n) is 7.64. The summed E-state index contributed by atoms with van der Waals surface area (Å²) in [4.78, 5) is 2.44. The fourth-order valence-electron chi connectivity index (χ4n) is 3.63. The van der Waals surface area contributed by atoms with Crippen LogP contribution in [0.25, 0.3) is 0 Å². The van der Waals surface area contributed by atoms with Crippen LogP contribution in [0.3, 0.4) is 0 Å². The van der Waals surface area contributed by atoms with E-state index in [2.05, 4.69) is 14.4 Å². The van der Waals surface area contributed by atoms with Gasteiger partial charge in [-0.05, 0) is 42.8 Å². The van der Waals surface area contributed by atoms with Crippen LogP contribution >= 0.6 is 0 Å². The van der Waals surface area contributed by atoms with E-state index in [0.717, 1.165) is 18.7 Å². The predicted molar refractivity (Wildman–Crippen MR) is 121 cm³/mol. The van der Waals surface area contributed by atoms with E-state index in [1.807, 2.05) is 13.0 Å². The average molecular weight is 459 g/mol. The Labute approximate surface area is 187 Å². The summed E-state index contributed by atoms with van der Waals surface area (Å²) in [5, 5.41) is 16.0. The molecule has 0 spiro atoms. The molecule has 10 heteroatoms. The first-order chi connectivity index (χ1) is 15.4. The fraction of sp³-hybridized carbons (Fsp3) is 0.364. The van der Waals surface area contributed by atoms with Crippen LogP contribution in [0.4, 0.5) is 0 Å². The van der Waals surface area contributed by atoms with E-state index < -0.39 is 10.0 Å². The van der Waals surface area contributed by atoms with Crippen LogP contribution in [0.15, 0.2) is 50.8 Å². The number of nitrogens with zero attached hydrogens (tertiary/aromatic N) is 4. The van der Waals surface area contributed by atoms with Crippen molar-refractivity contribution in [2.45, 2.75) is 11.8 Å². The van der Waals surface area contributed by atoms with Crippen molar-refractivity contribution in [3.05, 3.63) is 53.1 Å². The summed E-state index contributed by atoms with van der Waals surface area (Å²) in [5.74, 6) is 0.666. The maximum Gasteiger partial charge on any atom is 0.285 e. The van der Waals surface area contributed by atoms with E-state index >= 15 is 0 Å². The van der Waals surface area contributed by atoms with Gasteiger partial charge in [0.05, 0.1) is 33.1 Å². The van der Waals surface area contributed by atoms with Crippen molar-refractivity contribution < 1.29 is 23.0 Å². The van der Waals surface area contributed by atoms with E-state index in [1.165, 1.54) is 13.2 Å². The lowest BCUT2D eigenvalue weighted by molar-refractivity contribution is 0.0360. The number of hydrazone groups is 1. The SMILES string of the molecule is COc1cc(C=NN(CCN2CCOCC2)C2=NS(=O)(=O)c3ccc(C)cc32)ccc1O. The molecule has 0 aliphatic carbocycles. The lowest BCUT2D eigenvalue weighted by atomic mass is 10.1. The number of phenols is 1.